The third-order valence-corrected chi connectivity index (χ3v) is 6.29. The first kappa shape index (κ1) is 22.3. The normalized spacial score (nSPS) is 16.9. The molecule has 0 aliphatic carbocycles. The fourth-order valence-electron chi connectivity index (χ4n) is 4.72. The van der Waals surface area contributed by atoms with Crippen molar-refractivity contribution in [2.24, 2.45) is 0 Å². The first-order valence-electron chi connectivity index (χ1n) is 11.6. The maximum Gasteiger partial charge on any atom is 0.416 e. The molecule has 186 valence electrons. The zero-order valence-electron chi connectivity index (χ0n) is 20.2. The number of halogens is 1. The average molecular weight is 493 g/mol. The number of hydrogen-bond acceptors (Lipinski definition) is 8. The minimum absolute atomic E-state index is 0.0982. The van der Waals surface area contributed by atoms with Gasteiger partial charge in [-0.25, -0.2) is 9.18 Å². The van der Waals surface area contributed by atoms with Crippen molar-refractivity contribution in [1.29, 1.82) is 0 Å². The number of aromatic nitrogens is 4. The Morgan fingerprint density at radius 1 is 1.17 bits per heavy atom. The van der Waals surface area contributed by atoms with Crippen molar-refractivity contribution in [1.82, 2.24) is 19.8 Å². The first-order chi connectivity index (χ1) is 17.2. The van der Waals surface area contributed by atoms with Crippen molar-refractivity contribution >= 4 is 17.6 Å². The highest BCUT2D eigenvalue weighted by Gasteiger charge is 2.37. The predicted octanol–water partition coefficient (Wildman–Crippen LogP) is 4.64. The van der Waals surface area contributed by atoms with Gasteiger partial charge < -0.3 is 18.7 Å². The lowest BCUT2D eigenvalue weighted by molar-refractivity contribution is 0.0574. The van der Waals surface area contributed by atoms with E-state index in [-0.39, 0.29) is 19.1 Å². The van der Waals surface area contributed by atoms with Gasteiger partial charge in [0.2, 0.25) is 0 Å². The molecule has 0 spiro atoms. The number of anilines is 1. The van der Waals surface area contributed by atoms with E-state index in [0.29, 0.717) is 57.5 Å². The van der Waals surface area contributed by atoms with Gasteiger partial charge in [0.15, 0.2) is 17.2 Å². The van der Waals surface area contributed by atoms with Crippen LogP contribution in [0.1, 0.15) is 43.5 Å². The lowest BCUT2D eigenvalue weighted by Gasteiger charge is -2.29. The molecule has 5 heterocycles. The summed E-state index contributed by atoms with van der Waals surface area (Å²) < 4.78 is 40.0. The topological polar surface area (TPSA) is 104 Å². The summed E-state index contributed by atoms with van der Waals surface area (Å²) in [4.78, 5) is 15.0. The molecule has 2 aliphatic rings. The van der Waals surface area contributed by atoms with Gasteiger partial charge in [-0.05, 0) is 45.9 Å². The van der Waals surface area contributed by atoms with E-state index >= 15 is 4.39 Å². The molecule has 4 aromatic rings. The standard InChI is InChI=1S/C25H24FN5O5/c1-13-17(11-35-29-13)15-7-20-23(31-12-27-28-22(15)31)30(24(32)36-25(2,3)4)8-16-18(26)5-6-19-21(16)14(9-33-19)10-34-20/h5-7,11-12,14H,8-10H2,1-4H3/t14-/m1/s1. The van der Waals surface area contributed by atoms with Crippen molar-refractivity contribution in [3.05, 3.63) is 53.4 Å². The molecule has 0 radical (unpaired) electrons. The van der Waals surface area contributed by atoms with Crippen molar-refractivity contribution in [3.8, 4) is 22.6 Å². The van der Waals surface area contributed by atoms with E-state index in [1.165, 1.54) is 23.6 Å². The van der Waals surface area contributed by atoms with Crippen LogP contribution in [0.2, 0.25) is 0 Å². The summed E-state index contributed by atoms with van der Waals surface area (Å²) in [7, 11) is 0. The zero-order valence-corrected chi connectivity index (χ0v) is 20.2. The highest BCUT2D eigenvalue weighted by atomic mass is 19.1. The van der Waals surface area contributed by atoms with E-state index in [1.807, 2.05) is 6.92 Å². The van der Waals surface area contributed by atoms with Crippen LogP contribution in [0.25, 0.3) is 16.8 Å². The number of ether oxygens (including phenoxy) is 3. The summed E-state index contributed by atoms with van der Waals surface area (Å²) in [5.41, 5.74) is 2.77. The van der Waals surface area contributed by atoms with Crippen LogP contribution in [-0.2, 0) is 11.3 Å². The van der Waals surface area contributed by atoms with Crippen LogP contribution in [0.3, 0.4) is 0 Å². The molecule has 6 rings (SSSR count). The highest BCUT2D eigenvalue weighted by Crippen LogP contribution is 2.44. The lowest BCUT2D eigenvalue weighted by atomic mass is 9.95. The predicted molar refractivity (Wildman–Crippen MR) is 126 cm³/mol. The van der Waals surface area contributed by atoms with Gasteiger partial charge in [-0.3, -0.25) is 9.30 Å². The van der Waals surface area contributed by atoms with Crippen molar-refractivity contribution in [3.63, 3.8) is 0 Å². The molecule has 1 atom stereocenters. The highest BCUT2D eigenvalue weighted by molar-refractivity contribution is 5.92. The Balaban J connectivity index is 1.61. The number of nitrogens with zero attached hydrogens (tertiary/aromatic N) is 5. The first-order valence-corrected chi connectivity index (χ1v) is 11.6. The van der Waals surface area contributed by atoms with Crippen LogP contribution in [0.15, 0.2) is 35.3 Å². The number of benzene rings is 1. The molecule has 0 N–H and O–H groups in total. The number of amides is 1. The minimum Gasteiger partial charge on any atom is -0.493 e. The van der Waals surface area contributed by atoms with Gasteiger partial charge in [-0.1, -0.05) is 5.16 Å². The fraction of sp³-hybridized carbons (Fsp3) is 0.360. The number of pyridine rings is 1. The fourth-order valence-corrected chi connectivity index (χ4v) is 4.72. The van der Waals surface area contributed by atoms with Gasteiger partial charge in [0, 0.05) is 22.3 Å². The number of hydrogen-bond donors (Lipinski definition) is 0. The summed E-state index contributed by atoms with van der Waals surface area (Å²) >= 11 is 0. The third-order valence-electron chi connectivity index (χ3n) is 6.29. The molecule has 1 aromatic carbocycles. The van der Waals surface area contributed by atoms with E-state index < -0.39 is 17.5 Å². The van der Waals surface area contributed by atoms with Crippen molar-refractivity contribution in [2.75, 3.05) is 18.1 Å². The van der Waals surface area contributed by atoms with E-state index in [4.69, 9.17) is 18.7 Å². The van der Waals surface area contributed by atoms with Crippen LogP contribution >= 0.6 is 0 Å². The number of carbonyl (C=O) groups is 1. The number of fused-ring (bicyclic) bond motifs is 3. The van der Waals surface area contributed by atoms with E-state index in [0.717, 1.165) is 0 Å². The molecular weight excluding hydrogens is 469 g/mol. The number of aryl methyl sites for hydroxylation is 1. The van der Waals surface area contributed by atoms with Gasteiger partial charge >= 0.3 is 6.09 Å². The van der Waals surface area contributed by atoms with Crippen LogP contribution in [-0.4, -0.2) is 44.7 Å². The maximum absolute atomic E-state index is 15.3. The van der Waals surface area contributed by atoms with E-state index in [1.54, 1.807) is 37.3 Å². The Kier molecular flexibility index (Phi) is 4.92. The van der Waals surface area contributed by atoms with Crippen LogP contribution in [0, 0.1) is 12.7 Å². The summed E-state index contributed by atoms with van der Waals surface area (Å²) in [5, 5.41) is 12.4. The molecule has 0 bridgehead atoms. The molecule has 1 amide bonds. The Morgan fingerprint density at radius 2 is 1.94 bits per heavy atom. The number of rotatable bonds is 1. The van der Waals surface area contributed by atoms with Gasteiger partial charge in [0.1, 0.15) is 29.8 Å². The minimum atomic E-state index is -0.787. The molecule has 36 heavy (non-hydrogen) atoms. The van der Waals surface area contributed by atoms with Gasteiger partial charge in [-0.15, -0.1) is 10.2 Å². The Bertz CT molecular complexity index is 1500. The quantitative estimate of drug-likeness (QED) is 0.378. The summed E-state index contributed by atoms with van der Waals surface area (Å²) in [6.07, 6.45) is 2.35. The summed E-state index contributed by atoms with van der Waals surface area (Å²) in [5.74, 6) is 0.656. The van der Waals surface area contributed by atoms with Gasteiger partial charge in [0.05, 0.1) is 31.4 Å². The largest absolute Gasteiger partial charge is 0.493 e. The van der Waals surface area contributed by atoms with Gasteiger partial charge in [0.25, 0.3) is 0 Å². The molecule has 2 aliphatic heterocycles. The maximum atomic E-state index is 15.3. The second-order valence-electron chi connectivity index (χ2n) is 9.91. The third kappa shape index (κ3) is 3.53. The second-order valence-corrected chi connectivity index (χ2v) is 9.91. The van der Waals surface area contributed by atoms with Gasteiger partial charge in [-0.2, -0.15) is 0 Å². The molecule has 11 heteroatoms. The van der Waals surface area contributed by atoms with Crippen molar-refractivity contribution in [2.45, 2.75) is 45.8 Å². The molecule has 0 saturated heterocycles. The van der Waals surface area contributed by atoms with Crippen LogP contribution < -0.4 is 14.4 Å². The average Bonchev–Trinajstić information content (AvgIpc) is 3.55. The Labute approximate surface area is 205 Å². The van der Waals surface area contributed by atoms with E-state index in [9.17, 15) is 4.79 Å². The molecule has 0 saturated carbocycles. The summed E-state index contributed by atoms with van der Waals surface area (Å²) in [6.45, 7) is 7.60. The Morgan fingerprint density at radius 3 is 2.67 bits per heavy atom. The molecule has 3 aromatic heterocycles. The SMILES string of the molecule is Cc1nocc1-c1cc2c(n3cnnc13)N(C(=O)OC(C)(C)C)Cc1c(F)ccc3c1[C@H](CO3)CO2. The molecule has 0 fully saturated rings. The second kappa shape index (κ2) is 7.94. The van der Waals surface area contributed by atoms with Crippen LogP contribution in [0.5, 0.6) is 11.5 Å². The monoisotopic (exact) mass is 493 g/mol. The Hall–Kier alpha value is -4.15. The zero-order chi connectivity index (χ0) is 25.2. The molecular formula is C25H24FN5O5. The van der Waals surface area contributed by atoms with Crippen LogP contribution in [0.4, 0.5) is 15.0 Å². The van der Waals surface area contributed by atoms with E-state index in [2.05, 4.69) is 15.4 Å². The van der Waals surface area contributed by atoms with Crippen molar-refractivity contribution < 1.29 is 27.9 Å². The number of carbonyl (C=O) groups excluding carboxylic acids is 1. The lowest BCUT2D eigenvalue weighted by Crippen LogP contribution is -2.38. The summed E-state index contributed by atoms with van der Waals surface area (Å²) in [6, 6.07) is 4.75. The molecule has 0 unspecified atom stereocenters. The smallest absolute Gasteiger partial charge is 0.416 e. The molecule has 10 nitrogen and oxygen atoms in total.